The maximum Gasteiger partial charge on any atom is 0.243 e. The van der Waals surface area contributed by atoms with E-state index >= 15 is 0 Å². The van der Waals surface area contributed by atoms with Crippen molar-refractivity contribution in [3.63, 3.8) is 0 Å². The fourth-order valence-corrected chi connectivity index (χ4v) is 4.00. The minimum atomic E-state index is -3.61. The first-order valence-electron chi connectivity index (χ1n) is 8.81. The van der Waals surface area contributed by atoms with E-state index in [4.69, 9.17) is 0 Å². The lowest BCUT2D eigenvalue weighted by molar-refractivity contribution is 0.438. The predicted molar refractivity (Wildman–Crippen MR) is 115 cm³/mol. The molecule has 27 heavy (non-hydrogen) atoms. The maximum absolute atomic E-state index is 13.2. The first-order valence-corrected chi connectivity index (χ1v) is 11.0. The van der Waals surface area contributed by atoms with Gasteiger partial charge in [-0.3, -0.25) is 0 Å². The number of sulfonamides is 1. The normalized spacial score (nSPS) is 11.9. The Morgan fingerprint density at radius 3 is 2.19 bits per heavy atom. The maximum atomic E-state index is 13.2. The molecule has 0 heterocycles. The van der Waals surface area contributed by atoms with E-state index in [0.717, 1.165) is 15.6 Å². The number of nitrogens with zero attached hydrogens (tertiary/aromatic N) is 1. The van der Waals surface area contributed by atoms with Crippen LogP contribution in [0.25, 0.3) is 0 Å². The molecule has 0 atom stereocenters. The highest BCUT2D eigenvalue weighted by molar-refractivity contribution is 9.10. The fraction of sp³-hybridized carbons (Fsp3) is 0.318. The van der Waals surface area contributed by atoms with Gasteiger partial charge in [-0.25, -0.2) is 8.42 Å². The van der Waals surface area contributed by atoms with Gasteiger partial charge in [0, 0.05) is 17.6 Å². The van der Waals surface area contributed by atoms with Crippen molar-refractivity contribution in [2.24, 2.45) is 5.41 Å². The van der Waals surface area contributed by atoms with Crippen LogP contribution in [0.1, 0.15) is 31.9 Å². The van der Waals surface area contributed by atoms with Gasteiger partial charge in [0.05, 0.1) is 4.90 Å². The molecular formula is C22H26BrNO2S. The van der Waals surface area contributed by atoms with E-state index in [2.05, 4.69) is 42.4 Å². The monoisotopic (exact) mass is 447 g/mol. The van der Waals surface area contributed by atoms with Gasteiger partial charge < -0.3 is 0 Å². The molecular weight excluding hydrogens is 422 g/mol. The smallest absolute Gasteiger partial charge is 0.207 e. The van der Waals surface area contributed by atoms with Crippen LogP contribution < -0.4 is 0 Å². The highest BCUT2D eigenvalue weighted by Crippen LogP contribution is 2.20. The van der Waals surface area contributed by atoms with Gasteiger partial charge in [0.1, 0.15) is 0 Å². The zero-order valence-electron chi connectivity index (χ0n) is 16.2. The predicted octanol–water partition coefficient (Wildman–Crippen LogP) is 5.71. The Morgan fingerprint density at radius 1 is 1.04 bits per heavy atom. The summed E-state index contributed by atoms with van der Waals surface area (Å²) in [6.07, 6.45) is 3.72. The second-order valence-corrected chi connectivity index (χ2v) is 10.5. The van der Waals surface area contributed by atoms with Crippen LogP contribution in [0, 0.1) is 12.3 Å². The highest BCUT2D eigenvalue weighted by atomic mass is 79.9. The topological polar surface area (TPSA) is 37.4 Å². The Hall–Kier alpha value is -1.65. The molecule has 3 nitrogen and oxygen atoms in total. The minimum Gasteiger partial charge on any atom is -0.207 e. The molecule has 0 bridgehead atoms. The van der Waals surface area contributed by atoms with Gasteiger partial charge in [0.2, 0.25) is 10.0 Å². The first-order chi connectivity index (χ1) is 12.6. The van der Waals surface area contributed by atoms with Crippen LogP contribution in [-0.4, -0.2) is 19.3 Å². The molecule has 0 spiro atoms. The highest BCUT2D eigenvalue weighted by Gasteiger charge is 2.23. The Bertz CT molecular complexity index is 918. The molecule has 0 amide bonds. The number of rotatable bonds is 6. The average molecular weight is 448 g/mol. The van der Waals surface area contributed by atoms with Crippen molar-refractivity contribution in [1.82, 2.24) is 4.31 Å². The Labute approximate surface area is 171 Å². The van der Waals surface area contributed by atoms with Crippen molar-refractivity contribution in [3.8, 4) is 0 Å². The van der Waals surface area contributed by atoms with Crippen LogP contribution in [0.4, 0.5) is 0 Å². The molecule has 0 fully saturated rings. The Morgan fingerprint density at radius 2 is 1.63 bits per heavy atom. The average Bonchev–Trinajstić information content (AvgIpc) is 2.58. The summed E-state index contributed by atoms with van der Waals surface area (Å²) in [5.74, 6) is 0. The van der Waals surface area contributed by atoms with Crippen LogP contribution in [0.5, 0.6) is 0 Å². The molecule has 0 N–H and O–H groups in total. The molecule has 2 aromatic rings. The lowest BCUT2D eigenvalue weighted by Crippen LogP contribution is -2.30. The molecule has 2 aromatic carbocycles. The van der Waals surface area contributed by atoms with Crippen molar-refractivity contribution in [1.29, 1.82) is 0 Å². The minimum absolute atomic E-state index is 0.00285. The van der Waals surface area contributed by atoms with Gasteiger partial charge in [-0.1, -0.05) is 66.5 Å². The van der Waals surface area contributed by atoms with E-state index in [9.17, 15) is 8.42 Å². The summed E-state index contributed by atoms with van der Waals surface area (Å²) < 4.78 is 28.8. The summed E-state index contributed by atoms with van der Waals surface area (Å²) in [5, 5.41) is 0. The molecule has 0 radical (unpaired) electrons. The molecule has 0 saturated carbocycles. The number of benzene rings is 2. The summed E-state index contributed by atoms with van der Waals surface area (Å²) in [6.45, 7) is 8.75. The third kappa shape index (κ3) is 6.78. The molecule has 0 unspecified atom stereocenters. The second kappa shape index (κ2) is 9.03. The van der Waals surface area contributed by atoms with Gasteiger partial charge in [0.15, 0.2) is 0 Å². The Balaban J connectivity index is 2.34. The number of halogens is 1. The van der Waals surface area contributed by atoms with E-state index in [0.29, 0.717) is 11.4 Å². The Kier molecular flexibility index (Phi) is 7.24. The standard InChI is InChI=1S/C22H26BrNO2S/c1-18-7-13-21(14-8-18)27(25,26)24(16-6-5-15-22(2,3)4)17-19-9-11-20(23)12-10-19/h6-15H,16-17H2,1-4H3. The van der Waals surface area contributed by atoms with Gasteiger partial charge >= 0.3 is 0 Å². The van der Waals surface area contributed by atoms with Crippen molar-refractivity contribution < 1.29 is 8.42 Å². The number of aryl methyl sites for hydroxylation is 1. The number of hydrogen-bond acceptors (Lipinski definition) is 2. The van der Waals surface area contributed by atoms with Crippen molar-refractivity contribution in [2.45, 2.75) is 39.1 Å². The van der Waals surface area contributed by atoms with Gasteiger partial charge in [0.25, 0.3) is 0 Å². The van der Waals surface area contributed by atoms with Crippen molar-refractivity contribution in [3.05, 3.63) is 82.0 Å². The van der Waals surface area contributed by atoms with Crippen LogP contribution in [0.3, 0.4) is 0 Å². The second-order valence-electron chi connectivity index (χ2n) is 7.62. The largest absolute Gasteiger partial charge is 0.243 e. The van der Waals surface area contributed by atoms with Gasteiger partial charge in [-0.05, 0) is 54.3 Å². The summed E-state index contributed by atoms with van der Waals surface area (Å²) >= 11 is 3.41. The fourth-order valence-electron chi connectivity index (χ4n) is 2.36. The SMILES string of the molecule is Cc1ccc(S(=O)(=O)N(CC=C=CC(C)(C)C)Cc2ccc(Br)cc2)cc1. The summed E-state index contributed by atoms with van der Waals surface area (Å²) in [4.78, 5) is 0.304. The first kappa shape index (κ1) is 21.6. The van der Waals surface area contributed by atoms with Gasteiger partial charge in [-0.15, -0.1) is 5.73 Å². The van der Waals surface area contributed by atoms with E-state index < -0.39 is 10.0 Å². The summed E-state index contributed by atoms with van der Waals surface area (Å²) in [5.41, 5.74) is 5.08. The third-order valence-electron chi connectivity index (χ3n) is 3.86. The van der Waals surface area contributed by atoms with Crippen LogP contribution in [0.15, 0.2) is 75.8 Å². The third-order valence-corrected chi connectivity index (χ3v) is 6.21. The molecule has 0 aliphatic heterocycles. The van der Waals surface area contributed by atoms with Crippen LogP contribution in [-0.2, 0) is 16.6 Å². The summed E-state index contributed by atoms with van der Waals surface area (Å²) in [6, 6.07) is 14.7. The van der Waals surface area contributed by atoms with E-state index in [1.165, 1.54) is 4.31 Å². The lowest BCUT2D eigenvalue weighted by atomic mass is 9.97. The molecule has 0 aliphatic carbocycles. The van der Waals surface area contributed by atoms with Crippen molar-refractivity contribution in [2.75, 3.05) is 6.54 Å². The van der Waals surface area contributed by atoms with E-state index in [1.807, 2.05) is 49.4 Å². The van der Waals surface area contributed by atoms with Crippen LogP contribution in [0.2, 0.25) is 0 Å². The molecule has 0 saturated heterocycles. The van der Waals surface area contributed by atoms with Gasteiger partial charge in [-0.2, -0.15) is 4.31 Å². The molecule has 5 heteroatoms. The number of hydrogen-bond donors (Lipinski definition) is 0. The van der Waals surface area contributed by atoms with Crippen LogP contribution >= 0.6 is 15.9 Å². The molecule has 144 valence electrons. The van der Waals surface area contributed by atoms with E-state index in [1.54, 1.807) is 18.2 Å². The summed E-state index contributed by atoms with van der Waals surface area (Å²) in [7, 11) is -3.61. The van der Waals surface area contributed by atoms with E-state index in [-0.39, 0.29) is 12.0 Å². The zero-order chi connectivity index (χ0) is 20.1. The quantitative estimate of drug-likeness (QED) is 0.531. The lowest BCUT2D eigenvalue weighted by Gasteiger charge is -2.21. The molecule has 2 rings (SSSR count). The zero-order valence-corrected chi connectivity index (χ0v) is 18.6. The molecule has 0 aliphatic rings. The molecule has 0 aromatic heterocycles. The van der Waals surface area contributed by atoms with Crippen molar-refractivity contribution >= 4 is 26.0 Å².